The zero-order chi connectivity index (χ0) is 19.5. The van der Waals surface area contributed by atoms with Gasteiger partial charge in [-0.25, -0.2) is 0 Å². The minimum atomic E-state index is -0.137. The number of para-hydroxylation sites is 1. The van der Waals surface area contributed by atoms with Crippen LogP contribution in [0.1, 0.15) is 37.4 Å². The smallest absolute Gasteiger partial charge is 0.240 e. The number of aryl methyl sites for hydroxylation is 1. The van der Waals surface area contributed by atoms with Crippen molar-refractivity contribution in [3.63, 3.8) is 0 Å². The van der Waals surface area contributed by atoms with Gasteiger partial charge in [0.25, 0.3) is 0 Å². The highest BCUT2D eigenvalue weighted by Gasteiger charge is 2.22. The van der Waals surface area contributed by atoms with E-state index in [1.54, 1.807) is 0 Å². The van der Waals surface area contributed by atoms with Crippen LogP contribution in [0.4, 0.5) is 5.69 Å². The first-order valence-corrected chi connectivity index (χ1v) is 9.92. The molecule has 1 aliphatic rings. The molecule has 1 saturated heterocycles. The van der Waals surface area contributed by atoms with Gasteiger partial charge in [0.15, 0.2) is 5.82 Å². The first kappa shape index (κ1) is 18.8. The van der Waals surface area contributed by atoms with Gasteiger partial charge in [-0.3, -0.25) is 9.88 Å². The number of fused-ring (bicyclic) bond motifs is 1. The summed E-state index contributed by atoms with van der Waals surface area (Å²) >= 11 is 0. The Morgan fingerprint density at radius 2 is 1.93 bits per heavy atom. The molecule has 1 unspecified atom stereocenters. The van der Waals surface area contributed by atoms with Gasteiger partial charge in [0.2, 0.25) is 5.89 Å². The molecule has 0 spiro atoms. The van der Waals surface area contributed by atoms with Gasteiger partial charge in [0.1, 0.15) is 6.10 Å². The lowest BCUT2D eigenvalue weighted by atomic mass is 10.1. The minimum Gasteiger partial charge on any atom is -0.371 e. The fourth-order valence-electron chi connectivity index (χ4n) is 3.71. The molecule has 7 nitrogen and oxygen atoms in total. The van der Waals surface area contributed by atoms with E-state index in [1.807, 2.05) is 19.9 Å². The predicted molar refractivity (Wildman–Crippen MR) is 108 cm³/mol. The molecule has 0 amide bonds. The van der Waals surface area contributed by atoms with Crippen LogP contribution in [0, 0.1) is 6.92 Å². The number of hydrogen-bond acceptors (Lipinski definition) is 7. The molecular formula is C21H27N5O2. The summed E-state index contributed by atoms with van der Waals surface area (Å²) in [5, 5.41) is 5.27. The molecule has 0 saturated carbocycles. The number of anilines is 1. The average Bonchev–Trinajstić information content (AvgIpc) is 3.17. The number of piperazine rings is 1. The summed E-state index contributed by atoms with van der Waals surface area (Å²) in [7, 11) is 0. The van der Waals surface area contributed by atoms with Crippen molar-refractivity contribution in [1.82, 2.24) is 20.0 Å². The number of benzene rings is 1. The van der Waals surface area contributed by atoms with E-state index in [0.29, 0.717) is 24.9 Å². The molecule has 1 aliphatic heterocycles. The maximum Gasteiger partial charge on any atom is 0.240 e. The maximum absolute atomic E-state index is 5.53. The second kappa shape index (κ2) is 8.24. The van der Waals surface area contributed by atoms with E-state index in [9.17, 15) is 0 Å². The largest absolute Gasteiger partial charge is 0.371 e. The zero-order valence-electron chi connectivity index (χ0n) is 16.8. The molecule has 148 valence electrons. The molecule has 1 aromatic carbocycles. The normalized spacial score (nSPS) is 16.6. The van der Waals surface area contributed by atoms with Crippen LogP contribution in [0.5, 0.6) is 0 Å². The fraction of sp³-hybridized carbons (Fsp3) is 0.476. The quantitative estimate of drug-likeness (QED) is 0.649. The Morgan fingerprint density at radius 1 is 1.14 bits per heavy atom. The SMILES string of the molecule is CCOC(C)c1noc(CN2CCN(c3cc(C)nc4ccccc34)CC2)n1. The summed E-state index contributed by atoms with van der Waals surface area (Å²) in [6.45, 7) is 11.1. The highest BCUT2D eigenvalue weighted by atomic mass is 16.5. The van der Waals surface area contributed by atoms with Crippen molar-refractivity contribution in [1.29, 1.82) is 0 Å². The first-order chi connectivity index (χ1) is 13.6. The van der Waals surface area contributed by atoms with Gasteiger partial charge >= 0.3 is 0 Å². The third kappa shape index (κ3) is 4.00. The second-order valence-corrected chi connectivity index (χ2v) is 7.21. The summed E-state index contributed by atoms with van der Waals surface area (Å²) in [6, 6.07) is 10.6. The molecule has 28 heavy (non-hydrogen) atoms. The van der Waals surface area contributed by atoms with Crippen LogP contribution in [0.15, 0.2) is 34.9 Å². The Kier molecular flexibility index (Phi) is 5.54. The van der Waals surface area contributed by atoms with Crippen molar-refractivity contribution >= 4 is 16.6 Å². The number of ether oxygens (including phenoxy) is 1. The van der Waals surface area contributed by atoms with E-state index >= 15 is 0 Å². The monoisotopic (exact) mass is 381 g/mol. The molecule has 0 aliphatic carbocycles. The van der Waals surface area contributed by atoms with Gasteiger partial charge in [-0.1, -0.05) is 23.4 Å². The number of nitrogens with zero attached hydrogens (tertiary/aromatic N) is 5. The summed E-state index contributed by atoms with van der Waals surface area (Å²) in [6.07, 6.45) is -0.137. The van der Waals surface area contributed by atoms with E-state index in [2.05, 4.69) is 56.1 Å². The van der Waals surface area contributed by atoms with Gasteiger partial charge in [-0.05, 0) is 32.9 Å². The molecular weight excluding hydrogens is 354 g/mol. The van der Waals surface area contributed by atoms with Gasteiger partial charge in [-0.2, -0.15) is 4.98 Å². The van der Waals surface area contributed by atoms with Gasteiger partial charge < -0.3 is 14.2 Å². The molecule has 3 heterocycles. The number of aromatic nitrogens is 3. The van der Waals surface area contributed by atoms with Crippen molar-refractivity contribution in [2.24, 2.45) is 0 Å². The van der Waals surface area contributed by atoms with Crippen LogP contribution in [-0.2, 0) is 11.3 Å². The van der Waals surface area contributed by atoms with E-state index in [4.69, 9.17) is 9.26 Å². The zero-order valence-corrected chi connectivity index (χ0v) is 16.8. The van der Waals surface area contributed by atoms with Crippen molar-refractivity contribution in [3.8, 4) is 0 Å². The molecule has 1 fully saturated rings. The van der Waals surface area contributed by atoms with E-state index < -0.39 is 0 Å². The highest BCUT2D eigenvalue weighted by Crippen LogP contribution is 2.27. The number of rotatable bonds is 6. The van der Waals surface area contributed by atoms with Crippen molar-refractivity contribution in [2.45, 2.75) is 33.4 Å². The molecule has 4 rings (SSSR count). The molecule has 0 radical (unpaired) electrons. The average molecular weight is 381 g/mol. The van der Waals surface area contributed by atoms with E-state index in [-0.39, 0.29) is 6.10 Å². The third-order valence-corrected chi connectivity index (χ3v) is 5.16. The summed E-state index contributed by atoms with van der Waals surface area (Å²) in [5.74, 6) is 1.27. The Balaban J connectivity index is 1.40. The molecule has 7 heteroatoms. The fourth-order valence-corrected chi connectivity index (χ4v) is 3.71. The lowest BCUT2D eigenvalue weighted by Crippen LogP contribution is -2.46. The highest BCUT2D eigenvalue weighted by molar-refractivity contribution is 5.92. The van der Waals surface area contributed by atoms with Crippen molar-refractivity contribution in [2.75, 3.05) is 37.7 Å². The van der Waals surface area contributed by atoms with Crippen LogP contribution in [-0.4, -0.2) is 52.8 Å². The van der Waals surface area contributed by atoms with Crippen molar-refractivity contribution in [3.05, 3.63) is 47.7 Å². The Hall–Kier alpha value is -2.51. The van der Waals surface area contributed by atoms with Gasteiger partial charge in [0, 0.05) is 49.6 Å². The number of hydrogen-bond donors (Lipinski definition) is 0. The van der Waals surface area contributed by atoms with E-state index in [1.165, 1.54) is 11.1 Å². The second-order valence-electron chi connectivity index (χ2n) is 7.21. The lowest BCUT2D eigenvalue weighted by molar-refractivity contribution is 0.0683. The van der Waals surface area contributed by atoms with Crippen molar-refractivity contribution < 1.29 is 9.26 Å². The lowest BCUT2D eigenvalue weighted by Gasteiger charge is -2.36. The van der Waals surface area contributed by atoms with Crippen LogP contribution in [0.3, 0.4) is 0 Å². The standard InChI is InChI=1S/C21H27N5O2/c1-4-27-16(3)21-23-20(28-24-21)14-25-9-11-26(12-10-25)19-13-15(2)22-18-8-6-5-7-17(18)19/h5-8,13,16H,4,9-12,14H2,1-3H3. The van der Waals surface area contributed by atoms with E-state index in [0.717, 1.165) is 37.4 Å². The Morgan fingerprint density at radius 3 is 2.71 bits per heavy atom. The Labute approximate surface area is 165 Å². The van der Waals surface area contributed by atoms with Crippen LogP contribution >= 0.6 is 0 Å². The predicted octanol–water partition coefficient (Wildman–Crippen LogP) is 3.35. The topological polar surface area (TPSA) is 67.5 Å². The summed E-state index contributed by atoms with van der Waals surface area (Å²) in [4.78, 5) is 13.9. The molecule has 1 atom stereocenters. The van der Waals surface area contributed by atoms with Crippen LogP contribution in [0.2, 0.25) is 0 Å². The third-order valence-electron chi connectivity index (χ3n) is 5.16. The summed E-state index contributed by atoms with van der Waals surface area (Å²) in [5.41, 5.74) is 3.38. The van der Waals surface area contributed by atoms with Crippen LogP contribution < -0.4 is 4.90 Å². The minimum absolute atomic E-state index is 0.137. The molecule has 2 aromatic heterocycles. The molecule has 0 bridgehead atoms. The van der Waals surface area contributed by atoms with Gasteiger partial charge in [-0.15, -0.1) is 0 Å². The maximum atomic E-state index is 5.53. The summed E-state index contributed by atoms with van der Waals surface area (Å²) < 4.78 is 10.9. The van der Waals surface area contributed by atoms with Gasteiger partial charge in [0.05, 0.1) is 12.1 Å². The molecule has 3 aromatic rings. The molecule has 0 N–H and O–H groups in total. The first-order valence-electron chi connectivity index (χ1n) is 9.92. The Bertz CT molecular complexity index is 933. The van der Waals surface area contributed by atoms with Crippen LogP contribution in [0.25, 0.3) is 10.9 Å². The number of pyridine rings is 1.